The van der Waals surface area contributed by atoms with Crippen LogP contribution in [0.2, 0.25) is 0 Å². The minimum atomic E-state index is -0.765. The Kier molecular flexibility index (Phi) is 6.73. The third-order valence-electron chi connectivity index (χ3n) is 5.19. The monoisotopic (exact) mass is 481 g/mol. The molecule has 2 aromatic carbocycles. The summed E-state index contributed by atoms with van der Waals surface area (Å²) >= 11 is 1.34. The molecule has 34 heavy (non-hydrogen) atoms. The molecule has 4 aromatic rings. The number of methoxy groups -OCH3 is 2. The molecule has 0 bridgehead atoms. The molecular weight excluding hydrogens is 458 g/mol. The Morgan fingerprint density at radius 1 is 1.06 bits per heavy atom. The maximum absolute atomic E-state index is 13.3. The van der Waals surface area contributed by atoms with Crippen LogP contribution in [0.1, 0.15) is 17.5 Å². The first-order valence-electron chi connectivity index (χ1n) is 10.4. The van der Waals surface area contributed by atoms with E-state index in [9.17, 15) is 14.4 Å². The van der Waals surface area contributed by atoms with Crippen molar-refractivity contribution in [3.63, 3.8) is 0 Å². The summed E-state index contributed by atoms with van der Waals surface area (Å²) in [6.45, 7) is 2.01. The van der Waals surface area contributed by atoms with Crippen molar-refractivity contribution >= 4 is 38.6 Å². The lowest BCUT2D eigenvalue weighted by Crippen LogP contribution is -2.43. The molecule has 0 fully saturated rings. The number of carbonyl (C=O) groups is 1. The van der Waals surface area contributed by atoms with Gasteiger partial charge in [0, 0.05) is 6.54 Å². The first kappa shape index (κ1) is 23.2. The Balaban J connectivity index is 1.75. The number of aromatic nitrogens is 4. The second-order valence-corrected chi connectivity index (χ2v) is 8.56. The van der Waals surface area contributed by atoms with E-state index in [1.54, 1.807) is 13.2 Å². The van der Waals surface area contributed by atoms with E-state index in [-0.39, 0.29) is 25.5 Å². The number of thiazole rings is 1. The van der Waals surface area contributed by atoms with Crippen molar-refractivity contribution in [2.45, 2.75) is 26.4 Å². The van der Waals surface area contributed by atoms with Gasteiger partial charge < -0.3 is 14.8 Å². The summed E-state index contributed by atoms with van der Waals surface area (Å²) in [4.78, 5) is 46.1. The summed E-state index contributed by atoms with van der Waals surface area (Å²) in [5.74, 6) is 0.240. The zero-order valence-electron chi connectivity index (χ0n) is 18.9. The number of nitrogens with zero attached hydrogens (tertiary/aromatic N) is 4. The van der Waals surface area contributed by atoms with E-state index in [2.05, 4.69) is 20.0 Å². The van der Waals surface area contributed by atoms with Gasteiger partial charge in [0.15, 0.2) is 5.13 Å². The average Bonchev–Trinajstić information content (AvgIpc) is 3.23. The third kappa shape index (κ3) is 4.99. The smallest absolute Gasteiger partial charge is 0.354 e. The predicted molar refractivity (Wildman–Crippen MR) is 129 cm³/mol. The first-order chi connectivity index (χ1) is 16.4. The van der Waals surface area contributed by atoms with Crippen LogP contribution < -0.4 is 21.4 Å². The van der Waals surface area contributed by atoms with Gasteiger partial charge in [-0.3, -0.25) is 9.36 Å². The summed E-state index contributed by atoms with van der Waals surface area (Å²) < 4.78 is 13.0. The van der Waals surface area contributed by atoms with Crippen LogP contribution in [-0.4, -0.2) is 39.3 Å². The van der Waals surface area contributed by atoms with E-state index in [0.29, 0.717) is 10.9 Å². The first-order valence-corrected chi connectivity index (χ1v) is 11.2. The molecule has 0 atom stereocenters. The number of rotatable bonds is 8. The number of aryl methyl sites for hydroxylation is 1. The molecule has 0 saturated heterocycles. The van der Waals surface area contributed by atoms with Gasteiger partial charge in [0.05, 0.1) is 37.4 Å². The highest BCUT2D eigenvalue weighted by Crippen LogP contribution is 2.30. The van der Waals surface area contributed by atoms with E-state index in [4.69, 9.17) is 4.74 Å². The Morgan fingerprint density at radius 2 is 1.82 bits per heavy atom. The van der Waals surface area contributed by atoms with Crippen molar-refractivity contribution in [2.75, 3.05) is 19.5 Å². The minimum Gasteiger partial charge on any atom is -0.497 e. The lowest BCUT2D eigenvalue weighted by molar-refractivity contribution is -0.140. The van der Waals surface area contributed by atoms with Gasteiger partial charge in [0.25, 0.3) is 0 Å². The fraction of sp³-hybridized carbons (Fsp3) is 0.261. The molecule has 2 aromatic heterocycles. The number of carbonyl (C=O) groups excluding carboxylic acids is 1. The molecule has 0 aliphatic rings. The van der Waals surface area contributed by atoms with E-state index in [1.165, 1.54) is 23.0 Å². The minimum absolute atomic E-state index is 0.0657. The van der Waals surface area contributed by atoms with Gasteiger partial charge >= 0.3 is 17.3 Å². The summed E-state index contributed by atoms with van der Waals surface area (Å²) in [5.41, 5.74) is 1.33. The van der Waals surface area contributed by atoms with Crippen LogP contribution in [0.5, 0.6) is 5.75 Å². The van der Waals surface area contributed by atoms with Crippen LogP contribution in [-0.2, 0) is 22.6 Å². The number of hydrogen-bond acceptors (Lipinski definition) is 9. The topological polar surface area (TPSA) is 117 Å². The van der Waals surface area contributed by atoms with Gasteiger partial charge in [-0.2, -0.15) is 4.98 Å². The van der Waals surface area contributed by atoms with Crippen LogP contribution in [0.4, 0.5) is 11.1 Å². The number of benzene rings is 2. The van der Waals surface area contributed by atoms with E-state index in [1.807, 2.05) is 43.3 Å². The van der Waals surface area contributed by atoms with Gasteiger partial charge in [0.1, 0.15) is 5.75 Å². The number of hydrogen-bond donors (Lipinski definition) is 1. The van der Waals surface area contributed by atoms with Crippen LogP contribution in [0, 0.1) is 6.92 Å². The second-order valence-electron chi connectivity index (χ2n) is 7.53. The largest absolute Gasteiger partial charge is 0.497 e. The predicted octanol–water partition coefficient (Wildman–Crippen LogP) is 2.69. The molecule has 0 unspecified atom stereocenters. The molecule has 0 radical (unpaired) electrons. The number of fused-ring (bicyclic) bond motifs is 1. The number of nitrogens with one attached hydrogen (secondary N) is 1. The van der Waals surface area contributed by atoms with E-state index in [0.717, 1.165) is 25.9 Å². The van der Waals surface area contributed by atoms with Crippen molar-refractivity contribution in [3.8, 4) is 5.75 Å². The Labute approximate surface area is 198 Å². The fourth-order valence-electron chi connectivity index (χ4n) is 3.32. The highest BCUT2D eigenvalue weighted by molar-refractivity contribution is 7.22. The zero-order chi connectivity index (χ0) is 24.2. The van der Waals surface area contributed by atoms with Crippen molar-refractivity contribution < 1.29 is 14.3 Å². The van der Waals surface area contributed by atoms with Gasteiger partial charge in [-0.15, -0.1) is 0 Å². The van der Waals surface area contributed by atoms with Crippen LogP contribution in [0.3, 0.4) is 0 Å². The molecule has 11 heteroatoms. The van der Waals surface area contributed by atoms with Crippen molar-refractivity contribution in [2.24, 2.45) is 0 Å². The van der Waals surface area contributed by atoms with Crippen molar-refractivity contribution in [1.29, 1.82) is 0 Å². The molecule has 0 saturated carbocycles. The highest BCUT2D eigenvalue weighted by atomic mass is 32.1. The molecule has 0 amide bonds. The van der Waals surface area contributed by atoms with Crippen LogP contribution in [0.25, 0.3) is 10.2 Å². The maximum atomic E-state index is 13.3. The van der Waals surface area contributed by atoms with Gasteiger partial charge in [-0.1, -0.05) is 41.2 Å². The van der Waals surface area contributed by atoms with E-state index < -0.39 is 17.3 Å². The number of esters is 1. The summed E-state index contributed by atoms with van der Waals surface area (Å²) in [7, 11) is 2.84. The normalized spacial score (nSPS) is 10.9. The second kappa shape index (κ2) is 9.87. The van der Waals surface area contributed by atoms with Crippen molar-refractivity contribution in [3.05, 3.63) is 74.6 Å². The summed E-state index contributed by atoms with van der Waals surface area (Å²) in [6, 6.07) is 13.2. The quantitative estimate of drug-likeness (QED) is 0.382. The van der Waals surface area contributed by atoms with Gasteiger partial charge in [0.2, 0.25) is 5.95 Å². The van der Waals surface area contributed by atoms with Crippen LogP contribution >= 0.6 is 11.3 Å². The number of anilines is 2. The number of ether oxygens (including phenoxy) is 2. The van der Waals surface area contributed by atoms with Gasteiger partial charge in [-0.25, -0.2) is 19.1 Å². The summed E-state index contributed by atoms with van der Waals surface area (Å²) in [6.07, 6.45) is -0.121. The molecule has 0 aliphatic heterocycles. The summed E-state index contributed by atoms with van der Waals surface area (Å²) in [5, 5.41) is 3.50. The average molecular weight is 482 g/mol. The molecule has 1 N–H and O–H groups in total. The Bertz CT molecular complexity index is 1460. The standard InChI is InChI=1S/C23H23N5O5S/c1-14-4-6-15(7-5-14)13-28-20(26-22(30)27(23(28)31)11-10-19(29)33-3)25-21-24-17-9-8-16(32-2)12-18(17)34-21/h4-9,12H,10-11,13H2,1-3H3,(H,24,25,26,30). The van der Waals surface area contributed by atoms with Crippen LogP contribution in [0.15, 0.2) is 52.1 Å². The molecule has 0 spiro atoms. The molecule has 2 heterocycles. The SMILES string of the molecule is COC(=O)CCn1c(=O)nc(Nc2nc3ccc(OC)cc3s2)n(Cc2ccc(C)cc2)c1=O. The molecule has 176 valence electrons. The molecule has 10 nitrogen and oxygen atoms in total. The third-order valence-corrected chi connectivity index (χ3v) is 6.13. The maximum Gasteiger partial charge on any atom is 0.354 e. The molecule has 0 aliphatic carbocycles. The van der Waals surface area contributed by atoms with Gasteiger partial charge in [-0.05, 0) is 30.7 Å². The fourth-order valence-corrected chi connectivity index (χ4v) is 4.21. The zero-order valence-corrected chi connectivity index (χ0v) is 19.7. The van der Waals surface area contributed by atoms with Crippen molar-refractivity contribution in [1.82, 2.24) is 19.1 Å². The lowest BCUT2D eigenvalue weighted by Gasteiger charge is -2.14. The van der Waals surface area contributed by atoms with E-state index >= 15 is 0 Å². The Hall–Kier alpha value is -3.99. The molecular formula is C23H23N5O5S. The lowest BCUT2D eigenvalue weighted by atomic mass is 10.1. The Morgan fingerprint density at radius 3 is 2.53 bits per heavy atom. The molecule has 4 rings (SSSR count). The highest BCUT2D eigenvalue weighted by Gasteiger charge is 2.17.